The number of ether oxygens (including phenoxy) is 3. The van der Waals surface area contributed by atoms with Gasteiger partial charge in [0.25, 0.3) is 5.91 Å². The van der Waals surface area contributed by atoms with Crippen molar-refractivity contribution in [2.75, 3.05) is 27.4 Å². The summed E-state index contributed by atoms with van der Waals surface area (Å²) in [4.78, 5) is 35.9. The number of methoxy groups -OCH3 is 2. The van der Waals surface area contributed by atoms with Crippen LogP contribution < -0.4 is 30.3 Å². The molecule has 3 amide bonds. The van der Waals surface area contributed by atoms with E-state index in [-0.39, 0.29) is 19.1 Å². The normalized spacial score (nSPS) is 10.5. The van der Waals surface area contributed by atoms with E-state index < -0.39 is 11.8 Å². The standard InChI is InChI=1S/C28H30N4O6/c1-36-24-13-10-20(16-25(24)37-2)14-15-29-27(34)28(35)32-31-18-22-8-11-23(12-9-22)38-19-26(33)30-17-21-6-4-3-5-7-21/h3-13,16,18H,14-15,17,19H2,1-2H3,(H,29,34)(H,30,33)(H,32,35)/b31-18-. The summed E-state index contributed by atoms with van der Waals surface area (Å²) < 4.78 is 15.9. The van der Waals surface area contributed by atoms with Crippen molar-refractivity contribution < 1.29 is 28.6 Å². The minimum absolute atomic E-state index is 0.114. The Hall–Kier alpha value is -4.86. The van der Waals surface area contributed by atoms with Crippen molar-refractivity contribution in [3.8, 4) is 17.2 Å². The van der Waals surface area contributed by atoms with E-state index >= 15 is 0 Å². The Morgan fingerprint density at radius 1 is 0.816 bits per heavy atom. The molecule has 38 heavy (non-hydrogen) atoms. The molecule has 0 bridgehead atoms. The van der Waals surface area contributed by atoms with E-state index in [1.165, 1.54) is 6.21 Å². The number of carbonyl (C=O) groups excluding carboxylic acids is 3. The maximum atomic E-state index is 12.0. The molecule has 3 aromatic carbocycles. The molecule has 0 saturated heterocycles. The molecule has 3 N–H and O–H groups in total. The predicted molar refractivity (Wildman–Crippen MR) is 142 cm³/mol. The second kappa shape index (κ2) is 14.6. The van der Waals surface area contributed by atoms with Crippen LogP contribution in [0.25, 0.3) is 0 Å². The number of hydrogen-bond acceptors (Lipinski definition) is 7. The summed E-state index contributed by atoms with van der Waals surface area (Å²) in [5.41, 5.74) is 4.78. The monoisotopic (exact) mass is 518 g/mol. The first-order valence-corrected chi connectivity index (χ1v) is 11.8. The van der Waals surface area contributed by atoms with Crippen molar-refractivity contribution in [3.63, 3.8) is 0 Å². The Balaban J connectivity index is 1.35. The van der Waals surface area contributed by atoms with Gasteiger partial charge in [0.1, 0.15) is 5.75 Å². The zero-order chi connectivity index (χ0) is 27.2. The van der Waals surface area contributed by atoms with Crippen molar-refractivity contribution in [2.24, 2.45) is 5.10 Å². The Morgan fingerprint density at radius 3 is 2.26 bits per heavy atom. The van der Waals surface area contributed by atoms with Crippen LogP contribution in [0.2, 0.25) is 0 Å². The molecule has 0 aliphatic carbocycles. The molecule has 0 heterocycles. The van der Waals surface area contributed by atoms with Crippen LogP contribution in [0.1, 0.15) is 16.7 Å². The van der Waals surface area contributed by atoms with Gasteiger partial charge in [-0.2, -0.15) is 5.10 Å². The number of hydrogen-bond donors (Lipinski definition) is 3. The molecule has 10 heteroatoms. The maximum Gasteiger partial charge on any atom is 0.329 e. The molecule has 0 aliphatic heterocycles. The third-order valence-electron chi connectivity index (χ3n) is 5.32. The van der Waals surface area contributed by atoms with Crippen LogP contribution in [0, 0.1) is 0 Å². The molecule has 3 aromatic rings. The van der Waals surface area contributed by atoms with E-state index in [9.17, 15) is 14.4 Å². The number of nitrogens with one attached hydrogen (secondary N) is 3. The Kier molecular flexibility index (Phi) is 10.7. The number of hydrazone groups is 1. The molecule has 0 spiro atoms. The summed E-state index contributed by atoms with van der Waals surface area (Å²) in [6.07, 6.45) is 1.90. The molecule has 198 valence electrons. The Bertz CT molecular complexity index is 1250. The van der Waals surface area contributed by atoms with Gasteiger partial charge in [-0.3, -0.25) is 14.4 Å². The highest BCUT2D eigenvalue weighted by Gasteiger charge is 2.12. The van der Waals surface area contributed by atoms with Crippen LogP contribution in [0.4, 0.5) is 0 Å². The third-order valence-corrected chi connectivity index (χ3v) is 5.32. The van der Waals surface area contributed by atoms with Crippen molar-refractivity contribution in [1.29, 1.82) is 0 Å². The fourth-order valence-corrected chi connectivity index (χ4v) is 3.30. The lowest BCUT2D eigenvalue weighted by Gasteiger charge is -2.10. The summed E-state index contributed by atoms with van der Waals surface area (Å²) in [6, 6.07) is 21.8. The highest BCUT2D eigenvalue weighted by Crippen LogP contribution is 2.27. The van der Waals surface area contributed by atoms with Crippen LogP contribution in [-0.4, -0.2) is 51.3 Å². The molecule has 0 radical (unpaired) electrons. The van der Waals surface area contributed by atoms with Crippen molar-refractivity contribution in [3.05, 3.63) is 89.5 Å². The largest absolute Gasteiger partial charge is 0.493 e. The average molecular weight is 519 g/mol. The Labute approximate surface area is 221 Å². The van der Waals surface area contributed by atoms with E-state index in [2.05, 4.69) is 21.2 Å². The van der Waals surface area contributed by atoms with Crippen molar-refractivity contribution >= 4 is 23.9 Å². The number of rotatable bonds is 12. The van der Waals surface area contributed by atoms with E-state index in [0.717, 1.165) is 11.1 Å². The second-order valence-electron chi connectivity index (χ2n) is 8.01. The zero-order valence-corrected chi connectivity index (χ0v) is 21.2. The van der Waals surface area contributed by atoms with Gasteiger partial charge in [-0.25, -0.2) is 5.43 Å². The minimum Gasteiger partial charge on any atom is -0.493 e. The summed E-state index contributed by atoms with van der Waals surface area (Å²) in [5.74, 6) is -0.194. The lowest BCUT2D eigenvalue weighted by atomic mass is 10.1. The molecule has 3 rings (SSSR count). The highest BCUT2D eigenvalue weighted by molar-refractivity contribution is 6.35. The van der Waals surface area contributed by atoms with Gasteiger partial charge in [-0.1, -0.05) is 36.4 Å². The minimum atomic E-state index is -0.880. The lowest BCUT2D eigenvalue weighted by molar-refractivity contribution is -0.139. The summed E-state index contributed by atoms with van der Waals surface area (Å²) >= 11 is 0. The number of nitrogens with zero attached hydrogens (tertiary/aromatic N) is 1. The van der Waals surface area contributed by atoms with Crippen LogP contribution in [0.15, 0.2) is 77.9 Å². The molecule has 0 fully saturated rings. The van der Waals surface area contributed by atoms with Crippen LogP contribution in [0.5, 0.6) is 17.2 Å². The number of benzene rings is 3. The van der Waals surface area contributed by atoms with Crippen LogP contribution in [-0.2, 0) is 27.3 Å². The number of carbonyl (C=O) groups is 3. The summed E-state index contributed by atoms with van der Waals surface area (Å²) in [6.45, 7) is 0.578. The molecular weight excluding hydrogens is 488 g/mol. The molecule has 0 saturated carbocycles. The first-order valence-electron chi connectivity index (χ1n) is 11.8. The van der Waals surface area contributed by atoms with Gasteiger partial charge in [-0.05, 0) is 59.5 Å². The van der Waals surface area contributed by atoms with Gasteiger partial charge in [0.15, 0.2) is 18.1 Å². The van der Waals surface area contributed by atoms with Gasteiger partial charge in [-0.15, -0.1) is 0 Å². The van der Waals surface area contributed by atoms with E-state index in [1.807, 2.05) is 42.5 Å². The molecule has 10 nitrogen and oxygen atoms in total. The smallest absolute Gasteiger partial charge is 0.329 e. The molecule has 0 aromatic heterocycles. The molecular formula is C28H30N4O6. The third kappa shape index (κ3) is 8.98. The SMILES string of the molecule is COc1ccc(CCNC(=O)C(=O)N/N=C\c2ccc(OCC(=O)NCc3ccccc3)cc2)cc1OC. The van der Waals surface area contributed by atoms with Crippen LogP contribution in [0.3, 0.4) is 0 Å². The first-order chi connectivity index (χ1) is 18.5. The van der Waals surface area contributed by atoms with E-state index in [4.69, 9.17) is 14.2 Å². The van der Waals surface area contributed by atoms with Gasteiger partial charge >= 0.3 is 11.8 Å². The fourth-order valence-electron chi connectivity index (χ4n) is 3.30. The van der Waals surface area contributed by atoms with Gasteiger partial charge < -0.3 is 24.8 Å². The van der Waals surface area contributed by atoms with E-state index in [0.29, 0.717) is 35.8 Å². The van der Waals surface area contributed by atoms with Gasteiger partial charge in [0.2, 0.25) is 0 Å². The quantitative estimate of drug-likeness (QED) is 0.192. The predicted octanol–water partition coefficient (Wildman–Crippen LogP) is 2.21. The maximum absolute atomic E-state index is 12.0. The number of amides is 3. The van der Waals surface area contributed by atoms with Crippen LogP contribution >= 0.6 is 0 Å². The van der Waals surface area contributed by atoms with Crippen molar-refractivity contribution in [1.82, 2.24) is 16.1 Å². The summed E-state index contributed by atoms with van der Waals surface area (Å²) in [7, 11) is 3.10. The zero-order valence-electron chi connectivity index (χ0n) is 21.2. The molecule has 0 aliphatic rings. The summed E-state index contributed by atoms with van der Waals surface area (Å²) in [5, 5.41) is 9.15. The molecule has 0 unspecified atom stereocenters. The fraction of sp³-hybridized carbons (Fsp3) is 0.214. The van der Waals surface area contributed by atoms with Gasteiger partial charge in [0, 0.05) is 13.1 Å². The average Bonchev–Trinajstić information content (AvgIpc) is 2.95. The lowest BCUT2D eigenvalue weighted by Crippen LogP contribution is -2.38. The van der Waals surface area contributed by atoms with Gasteiger partial charge in [0.05, 0.1) is 20.4 Å². The second-order valence-corrected chi connectivity index (χ2v) is 8.01. The molecule has 0 atom stereocenters. The topological polar surface area (TPSA) is 127 Å². The highest BCUT2D eigenvalue weighted by atomic mass is 16.5. The Morgan fingerprint density at radius 2 is 1.55 bits per heavy atom. The van der Waals surface area contributed by atoms with E-state index in [1.54, 1.807) is 44.6 Å². The first kappa shape index (κ1) is 27.7. The van der Waals surface area contributed by atoms with Crippen molar-refractivity contribution in [2.45, 2.75) is 13.0 Å².